The van der Waals surface area contributed by atoms with Crippen LogP contribution in [-0.4, -0.2) is 52.1 Å². The van der Waals surface area contributed by atoms with Crippen LogP contribution in [-0.2, 0) is 16.0 Å². The highest BCUT2D eigenvalue weighted by Gasteiger charge is 2.13. The fourth-order valence-corrected chi connectivity index (χ4v) is 3.12. The number of unbranched alkanes of at least 4 members (excludes halogenated alkanes) is 1. The van der Waals surface area contributed by atoms with Gasteiger partial charge in [0, 0.05) is 39.5 Å². The predicted molar refractivity (Wildman–Crippen MR) is 134 cm³/mol. The summed E-state index contributed by atoms with van der Waals surface area (Å²) >= 11 is 0. The zero-order valence-electron chi connectivity index (χ0n) is 18.7. The Kier molecular flexibility index (Phi) is 15.8. The quantitative estimate of drug-likeness (QED) is 0.171. The summed E-state index contributed by atoms with van der Waals surface area (Å²) in [5.74, 6) is 2.43. The first-order valence-corrected chi connectivity index (χ1v) is 11.2. The molecule has 6 nitrogen and oxygen atoms in total. The van der Waals surface area contributed by atoms with Crippen LogP contribution in [0.25, 0.3) is 0 Å². The van der Waals surface area contributed by atoms with E-state index in [1.807, 2.05) is 12.1 Å². The fourth-order valence-electron chi connectivity index (χ4n) is 3.12. The Morgan fingerprint density at radius 3 is 2.73 bits per heavy atom. The second-order valence-corrected chi connectivity index (χ2v) is 7.46. The number of rotatable bonds is 13. The van der Waals surface area contributed by atoms with Crippen LogP contribution in [0.15, 0.2) is 29.3 Å². The predicted octanol–water partition coefficient (Wildman–Crippen LogP) is 4.37. The summed E-state index contributed by atoms with van der Waals surface area (Å²) in [5.41, 5.74) is 1.15. The summed E-state index contributed by atoms with van der Waals surface area (Å²) in [6, 6.07) is 8.20. The van der Waals surface area contributed by atoms with E-state index >= 15 is 0 Å². The van der Waals surface area contributed by atoms with E-state index in [9.17, 15) is 0 Å². The van der Waals surface area contributed by atoms with E-state index in [1.54, 1.807) is 0 Å². The van der Waals surface area contributed by atoms with E-state index in [2.05, 4.69) is 36.6 Å². The minimum absolute atomic E-state index is 0. The summed E-state index contributed by atoms with van der Waals surface area (Å²) in [6.45, 7) is 10.7. The number of guanidine groups is 1. The molecule has 2 N–H and O–H groups in total. The van der Waals surface area contributed by atoms with Gasteiger partial charge in [-0.2, -0.15) is 0 Å². The van der Waals surface area contributed by atoms with Crippen molar-refractivity contribution in [2.75, 3.05) is 46.1 Å². The lowest BCUT2D eigenvalue weighted by molar-refractivity contribution is 0.0203. The molecule has 0 aliphatic carbocycles. The summed E-state index contributed by atoms with van der Waals surface area (Å²) in [7, 11) is 0. The van der Waals surface area contributed by atoms with Crippen LogP contribution in [0.4, 0.5) is 0 Å². The summed E-state index contributed by atoms with van der Waals surface area (Å²) < 4.78 is 17.0. The Morgan fingerprint density at radius 1 is 1.13 bits per heavy atom. The topological polar surface area (TPSA) is 64.1 Å². The maximum absolute atomic E-state index is 5.83. The van der Waals surface area contributed by atoms with Crippen LogP contribution in [0, 0.1) is 5.92 Å². The second-order valence-electron chi connectivity index (χ2n) is 7.46. The smallest absolute Gasteiger partial charge is 0.191 e. The highest BCUT2D eigenvalue weighted by Crippen LogP contribution is 2.15. The molecule has 0 amide bonds. The van der Waals surface area contributed by atoms with Crippen molar-refractivity contribution in [3.63, 3.8) is 0 Å². The van der Waals surface area contributed by atoms with E-state index in [1.165, 1.54) is 0 Å². The molecule has 0 radical (unpaired) electrons. The van der Waals surface area contributed by atoms with Gasteiger partial charge >= 0.3 is 0 Å². The van der Waals surface area contributed by atoms with E-state index in [-0.39, 0.29) is 24.0 Å². The highest BCUT2D eigenvalue weighted by atomic mass is 127. The molecule has 0 bridgehead atoms. The van der Waals surface area contributed by atoms with E-state index < -0.39 is 0 Å². The number of aliphatic imine (C=N–C) groups is 1. The lowest BCUT2D eigenvalue weighted by Gasteiger charge is -2.21. The zero-order chi connectivity index (χ0) is 20.6. The number of hydrogen-bond donors (Lipinski definition) is 2. The van der Waals surface area contributed by atoms with Gasteiger partial charge in [0.2, 0.25) is 0 Å². The summed E-state index contributed by atoms with van der Waals surface area (Å²) in [6.07, 6.45) is 5.44. The van der Waals surface area contributed by atoms with Gasteiger partial charge in [0.15, 0.2) is 5.96 Å². The third kappa shape index (κ3) is 12.0. The maximum atomic E-state index is 5.83. The van der Waals surface area contributed by atoms with E-state index in [0.717, 1.165) is 95.5 Å². The fraction of sp³-hybridized carbons (Fsp3) is 0.696. The number of benzene rings is 1. The van der Waals surface area contributed by atoms with Crippen LogP contribution in [0.5, 0.6) is 5.75 Å². The highest BCUT2D eigenvalue weighted by molar-refractivity contribution is 14.0. The van der Waals surface area contributed by atoms with Crippen molar-refractivity contribution in [3.05, 3.63) is 29.8 Å². The van der Waals surface area contributed by atoms with Crippen LogP contribution in [0.1, 0.15) is 51.5 Å². The lowest BCUT2D eigenvalue weighted by atomic mass is 10.0. The molecule has 1 aromatic rings. The first-order chi connectivity index (χ1) is 14.3. The van der Waals surface area contributed by atoms with Crippen molar-refractivity contribution in [1.82, 2.24) is 10.6 Å². The molecule has 0 spiro atoms. The van der Waals surface area contributed by atoms with Crippen LogP contribution < -0.4 is 15.4 Å². The van der Waals surface area contributed by atoms with Crippen LogP contribution in [0.2, 0.25) is 0 Å². The molecule has 0 aromatic heterocycles. The molecule has 172 valence electrons. The third-order valence-corrected chi connectivity index (χ3v) is 4.88. The molecule has 1 heterocycles. The van der Waals surface area contributed by atoms with Crippen molar-refractivity contribution in [2.45, 2.75) is 52.5 Å². The first-order valence-electron chi connectivity index (χ1n) is 11.2. The number of halogens is 1. The van der Waals surface area contributed by atoms with Gasteiger partial charge in [-0.3, -0.25) is 0 Å². The number of ether oxygens (including phenoxy) is 3. The van der Waals surface area contributed by atoms with Crippen molar-refractivity contribution < 1.29 is 14.2 Å². The van der Waals surface area contributed by atoms with Gasteiger partial charge in [-0.1, -0.05) is 25.5 Å². The van der Waals surface area contributed by atoms with E-state index in [0.29, 0.717) is 12.5 Å². The monoisotopic (exact) mass is 533 g/mol. The van der Waals surface area contributed by atoms with Gasteiger partial charge in [0.1, 0.15) is 5.75 Å². The van der Waals surface area contributed by atoms with Gasteiger partial charge in [-0.25, -0.2) is 4.99 Å². The molecule has 0 saturated carbocycles. The van der Waals surface area contributed by atoms with Gasteiger partial charge < -0.3 is 24.8 Å². The molecule has 2 rings (SSSR count). The Morgan fingerprint density at radius 2 is 1.97 bits per heavy atom. The summed E-state index contributed by atoms with van der Waals surface area (Å²) in [5, 5.41) is 6.70. The average Bonchev–Trinajstić information content (AvgIpc) is 2.75. The molecule has 0 unspecified atom stereocenters. The van der Waals surface area contributed by atoms with Crippen molar-refractivity contribution in [1.29, 1.82) is 0 Å². The first kappa shape index (κ1) is 27.0. The molecule has 1 aliphatic rings. The van der Waals surface area contributed by atoms with Crippen LogP contribution >= 0.6 is 24.0 Å². The molecule has 1 aromatic carbocycles. The Bertz CT molecular complexity index is 581. The Hall–Kier alpha value is -1.06. The number of nitrogens with one attached hydrogen (secondary N) is 2. The number of nitrogens with zero attached hydrogens (tertiary/aromatic N) is 1. The zero-order valence-corrected chi connectivity index (χ0v) is 21.0. The van der Waals surface area contributed by atoms with Gasteiger partial charge in [0.05, 0.1) is 13.2 Å². The molecule has 0 atom stereocenters. The lowest BCUT2D eigenvalue weighted by Crippen LogP contribution is -2.38. The largest absolute Gasteiger partial charge is 0.494 e. The second kappa shape index (κ2) is 17.6. The normalized spacial score (nSPS) is 14.8. The van der Waals surface area contributed by atoms with Gasteiger partial charge in [-0.05, 0) is 56.2 Å². The molecule has 1 aliphatic heterocycles. The summed E-state index contributed by atoms with van der Waals surface area (Å²) in [4.78, 5) is 4.70. The molecule has 1 saturated heterocycles. The Balaban J connectivity index is 0.00000450. The van der Waals surface area contributed by atoms with Gasteiger partial charge in [0.25, 0.3) is 0 Å². The number of hydrogen-bond acceptors (Lipinski definition) is 4. The van der Waals surface area contributed by atoms with E-state index in [4.69, 9.17) is 19.2 Å². The van der Waals surface area contributed by atoms with Crippen molar-refractivity contribution in [3.8, 4) is 5.75 Å². The third-order valence-electron chi connectivity index (χ3n) is 4.88. The van der Waals surface area contributed by atoms with Gasteiger partial charge in [-0.15, -0.1) is 24.0 Å². The SMILES string of the molecule is CCCCOc1cccc(CN=C(NCC)NCCCOCC2CCOCC2)c1.I. The molecule has 7 heteroatoms. The Labute approximate surface area is 199 Å². The van der Waals surface area contributed by atoms with Crippen molar-refractivity contribution >= 4 is 29.9 Å². The molecule has 30 heavy (non-hydrogen) atoms. The molecular formula is C23H40IN3O3. The standard InChI is InChI=1S/C23H39N3O3.HI/c1-3-5-14-29-22-9-6-8-21(17-22)18-26-23(24-4-2)25-12-7-13-28-19-20-10-15-27-16-11-20;/h6,8-9,17,20H,3-5,7,10-16,18-19H2,1-2H3,(H2,24,25,26);1H. The van der Waals surface area contributed by atoms with Crippen molar-refractivity contribution in [2.24, 2.45) is 10.9 Å². The maximum Gasteiger partial charge on any atom is 0.191 e. The minimum atomic E-state index is 0. The average molecular weight is 533 g/mol. The molecular weight excluding hydrogens is 493 g/mol. The minimum Gasteiger partial charge on any atom is -0.494 e. The molecule has 1 fully saturated rings. The van der Waals surface area contributed by atoms with Crippen LogP contribution in [0.3, 0.4) is 0 Å².